The van der Waals surface area contributed by atoms with Crippen LogP contribution in [0, 0.1) is 0 Å². The average molecular weight is 374 g/mol. The molecule has 1 aliphatic heterocycles. The summed E-state index contributed by atoms with van der Waals surface area (Å²) in [5.41, 5.74) is 0.642. The number of carbonyl (C=O) groups excluding carboxylic acids is 3. The van der Waals surface area contributed by atoms with Crippen LogP contribution in [0.3, 0.4) is 0 Å². The lowest BCUT2D eigenvalue weighted by molar-refractivity contribution is -0.135. The van der Waals surface area contributed by atoms with E-state index < -0.39 is 11.9 Å². The number of nitrogens with one attached hydrogen (secondary N) is 1. The van der Waals surface area contributed by atoms with Crippen LogP contribution in [0.1, 0.15) is 77.6 Å². The van der Waals surface area contributed by atoms with Crippen LogP contribution in [0.2, 0.25) is 0 Å². The van der Waals surface area contributed by atoms with Crippen LogP contribution in [0.25, 0.3) is 0 Å². The zero-order valence-corrected chi connectivity index (χ0v) is 16.5. The standard InChI is InChI=1S/C22H32N2O3/c1-2-3-4-5-6-7-8-9-10-14-17-24(19-15-12-11-13-16-19)21(26)18-20(25)23-22(24)27/h11-13,15-16H,2-10,14,17-18H2,1H3/p+1. The Labute approximate surface area is 162 Å². The second kappa shape index (κ2) is 11.0. The molecule has 1 fully saturated rings. The van der Waals surface area contributed by atoms with E-state index in [1.807, 2.05) is 18.2 Å². The highest BCUT2D eigenvalue weighted by Crippen LogP contribution is 2.28. The van der Waals surface area contributed by atoms with Gasteiger partial charge in [0.2, 0.25) is 5.91 Å². The smallest absolute Gasteiger partial charge is 0.274 e. The first-order valence-electron chi connectivity index (χ1n) is 10.4. The molecule has 5 nitrogen and oxygen atoms in total. The molecule has 0 aliphatic carbocycles. The van der Waals surface area contributed by atoms with E-state index in [2.05, 4.69) is 12.2 Å². The summed E-state index contributed by atoms with van der Waals surface area (Å²) in [5.74, 6) is -0.830. The Bertz CT molecular complexity index is 608. The number of hydrogen-bond donors (Lipinski definition) is 1. The van der Waals surface area contributed by atoms with Gasteiger partial charge in [0.15, 0.2) is 0 Å². The summed E-state index contributed by atoms with van der Waals surface area (Å²) in [6.45, 7) is 2.65. The van der Waals surface area contributed by atoms with E-state index in [9.17, 15) is 14.4 Å². The maximum absolute atomic E-state index is 12.7. The maximum atomic E-state index is 12.7. The van der Waals surface area contributed by atoms with Crippen molar-refractivity contribution in [3.8, 4) is 0 Å². The molecular weight excluding hydrogens is 340 g/mol. The van der Waals surface area contributed by atoms with Crippen LogP contribution in [0.15, 0.2) is 30.3 Å². The SMILES string of the molecule is CCCCCCCCCCCC[N+]1(c2ccccc2)C(=O)CC(=O)NC1=O. The molecule has 1 saturated heterocycles. The Balaban J connectivity index is 1.85. The van der Waals surface area contributed by atoms with E-state index in [1.54, 1.807) is 12.1 Å². The number of barbiturate groups is 1. The van der Waals surface area contributed by atoms with Crippen LogP contribution in [-0.2, 0) is 9.59 Å². The third-order valence-corrected chi connectivity index (χ3v) is 5.37. The molecule has 0 spiro atoms. The summed E-state index contributed by atoms with van der Waals surface area (Å²) >= 11 is 0. The van der Waals surface area contributed by atoms with Gasteiger partial charge >= 0.3 is 11.9 Å². The molecule has 1 aromatic carbocycles. The van der Waals surface area contributed by atoms with E-state index in [4.69, 9.17) is 0 Å². The van der Waals surface area contributed by atoms with Gasteiger partial charge in [-0.1, -0.05) is 76.5 Å². The quantitative estimate of drug-likeness (QED) is 0.316. The highest BCUT2D eigenvalue weighted by molar-refractivity contribution is 6.21. The van der Waals surface area contributed by atoms with Crippen molar-refractivity contribution in [2.45, 2.75) is 77.6 Å². The van der Waals surface area contributed by atoms with E-state index in [1.165, 1.54) is 44.9 Å². The summed E-state index contributed by atoms with van der Waals surface area (Å²) in [6, 6.07) is 8.58. The molecule has 1 heterocycles. The molecule has 1 aromatic rings. The number of benzene rings is 1. The Morgan fingerprint density at radius 3 is 1.93 bits per heavy atom. The van der Waals surface area contributed by atoms with Crippen LogP contribution in [-0.4, -0.2) is 24.4 Å². The largest absolute Gasteiger partial charge is 0.435 e. The Kier molecular flexibility index (Phi) is 8.65. The third kappa shape index (κ3) is 5.73. The highest BCUT2D eigenvalue weighted by atomic mass is 16.2. The normalized spacial score (nSPS) is 20.0. The first-order valence-corrected chi connectivity index (χ1v) is 10.4. The minimum Gasteiger partial charge on any atom is -0.274 e. The van der Waals surface area contributed by atoms with Crippen LogP contribution in [0.4, 0.5) is 10.5 Å². The van der Waals surface area contributed by atoms with Crippen molar-refractivity contribution in [3.05, 3.63) is 30.3 Å². The van der Waals surface area contributed by atoms with Gasteiger partial charge in [0.05, 0.1) is 6.54 Å². The van der Waals surface area contributed by atoms with Gasteiger partial charge in [0, 0.05) is 12.1 Å². The van der Waals surface area contributed by atoms with Gasteiger partial charge in [-0.15, -0.1) is 4.48 Å². The molecule has 1 atom stereocenters. The second-order valence-corrected chi connectivity index (χ2v) is 7.47. The van der Waals surface area contributed by atoms with Gasteiger partial charge in [-0.2, -0.15) is 0 Å². The monoisotopic (exact) mass is 373 g/mol. The summed E-state index contributed by atoms with van der Waals surface area (Å²) in [7, 11) is 0. The number of rotatable bonds is 12. The molecule has 1 N–H and O–H groups in total. The van der Waals surface area contributed by atoms with Crippen molar-refractivity contribution >= 4 is 23.5 Å². The van der Waals surface area contributed by atoms with Gasteiger partial charge in [-0.05, 0) is 12.8 Å². The number of unbranched alkanes of at least 4 members (excludes halogenated alkanes) is 9. The molecule has 4 amide bonds. The molecule has 0 bridgehead atoms. The average Bonchev–Trinajstić information content (AvgIpc) is 2.66. The third-order valence-electron chi connectivity index (χ3n) is 5.37. The Morgan fingerprint density at radius 2 is 1.37 bits per heavy atom. The zero-order valence-electron chi connectivity index (χ0n) is 16.5. The number of amides is 4. The molecule has 2 rings (SSSR count). The van der Waals surface area contributed by atoms with Gasteiger partial charge in [-0.3, -0.25) is 4.79 Å². The van der Waals surface area contributed by atoms with Crippen molar-refractivity contribution in [2.75, 3.05) is 6.54 Å². The highest BCUT2D eigenvalue weighted by Gasteiger charge is 2.51. The van der Waals surface area contributed by atoms with Gasteiger partial charge in [0.1, 0.15) is 12.1 Å². The fourth-order valence-corrected chi connectivity index (χ4v) is 3.78. The fraction of sp³-hybridized carbons (Fsp3) is 0.591. The van der Waals surface area contributed by atoms with Crippen LogP contribution >= 0.6 is 0 Å². The van der Waals surface area contributed by atoms with E-state index in [0.29, 0.717) is 12.2 Å². The lowest BCUT2D eigenvalue weighted by atomic mass is 10.1. The summed E-state index contributed by atoms with van der Waals surface area (Å²) in [6.07, 6.45) is 11.7. The van der Waals surface area contributed by atoms with Gasteiger partial charge < -0.3 is 0 Å². The number of hydrogen-bond acceptors (Lipinski definition) is 3. The first-order chi connectivity index (χ1) is 13.1. The van der Waals surface area contributed by atoms with Crippen LogP contribution in [0.5, 0.6) is 0 Å². The zero-order chi connectivity index (χ0) is 19.5. The van der Waals surface area contributed by atoms with Crippen molar-refractivity contribution in [1.29, 1.82) is 0 Å². The van der Waals surface area contributed by atoms with Crippen molar-refractivity contribution in [1.82, 2.24) is 9.80 Å². The molecule has 1 aliphatic rings. The van der Waals surface area contributed by atoms with E-state index in [-0.39, 0.29) is 16.8 Å². The Morgan fingerprint density at radius 1 is 0.815 bits per heavy atom. The number of quaternary nitrogens is 1. The number of para-hydroxylation sites is 1. The molecule has 0 radical (unpaired) electrons. The number of nitrogens with zero attached hydrogens (tertiary/aromatic N) is 1. The maximum Gasteiger partial charge on any atom is 0.435 e. The minimum atomic E-state index is -0.515. The molecule has 0 saturated carbocycles. The second-order valence-electron chi connectivity index (χ2n) is 7.47. The van der Waals surface area contributed by atoms with Crippen molar-refractivity contribution in [2.24, 2.45) is 0 Å². The lowest BCUT2D eigenvalue weighted by Gasteiger charge is -2.34. The minimum absolute atomic E-state index is 0.238. The molecule has 27 heavy (non-hydrogen) atoms. The Hall–Kier alpha value is -2.01. The molecular formula is C22H33N2O3+. The van der Waals surface area contributed by atoms with Gasteiger partial charge in [-0.25, -0.2) is 14.9 Å². The van der Waals surface area contributed by atoms with Crippen LogP contribution < -0.4 is 9.80 Å². The molecule has 0 aromatic heterocycles. The number of urea groups is 1. The number of carbonyl (C=O) groups is 3. The number of imide groups is 2. The predicted molar refractivity (Wildman–Crippen MR) is 108 cm³/mol. The van der Waals surface area contributed by atoms with Crippen molar-refractivity contribution in [3.63, 3.8) is 0 Å². The molecule has 5 heteroatoms. The summed E-state index contributed by atoms with van der Waals surface area (Å²) in [4.78, 5) is 37.0. The predicted octanol–water partition coefficient (Wildman–Crippen LogP) is 5.08. The molecule has 148 valence electrons. The van der Waals surface area contributed by atoms with E-state index in [0.717, 1.165) is 19.3 Å². The van der Waals surface area contributed by atoms with Gasteiger partial charge in [0.25, 0.3) is 0 Å². The lowest BCUT2D eigenvalue weighted by Crippen LogP contribution is -2.68. The van der Waals surface area contributed by atoms with Crippen molar-refractivity contribution < 1.29 is 14.4 Å². The summed E-state index contributed by atoms with van der Waals surface area (Å²) < 4.78 is -0.385. The molecule has 1 unspecified atom stereocenters. The first kappa shape index (κ1) is 21.3. The topological polar surface area (TPSA) is 63.2 Å². The fourth-order valence-electron chi connectivity index (χ4n) is 3.78. The van der Waals surface area contributed by atoms with E-state index >= 15 is 0 Å². The summed E-state index contributed by atoms with van der Waals surface area (Å²) in [5, 5.41) is 2.36.